The van der Waals surface area contributed by atoms with E-state index in [9.17, 15) is 0 Å². The number of hydrogen-bond donors (Lipinski definition) is 2. The fraction of sp³-hybridized carbons (Fsp3) is 0.667. The van der Waals surface area contributed by atoms with Gasteiger partial charge >= 0.3 is 0 Å². The van der Waals surface area contributed by atoms with Gasteiger partial charge in [0.1, 0.15) is 0 Å². The van der Waals surface area contributed by atoms with Crippen LogP contribution in [0.25, 0.3) is 0 Å². The molecule has 3 nitrogen and oxygen atoms in total. The molecule has 0 bridgehead atoms. The lowest BCUT2D eigenvalue weighted by atomic mass is 9.99. The molecule has 0 fully saturated rings. The standard InChI is InChI=1S/C15H27N3/c1-4-5-6-7-8-9-15(18-16)14-11-10-12(2)17-13(14)3/h10-11,15,18H,4-9,16H2,1-3H3. The summed E-state index contributed by atoms with van der Waals surface area (Å²) in [6, 6.07) is 4.44. The Bertz CT molecular complexity index is 350. The van der Waals surface area contributed by atoms with Crippen molar-refractivity contribution >= 4 is 0 Å². The number of nitrogens with one attached hydrogen (secondary N) is 1. The Balaban J connectivity index is 2.49. The molecule has 1 aromatic rings. The van der Waals surface area contributed by atoms with Crippen molar-refractivity contribution < 1.29 is 0 Å². The molecule has 1 rings (SSSR count). The normalized spacial score (nSPS) is 12.7. The highest BCUT2D eigenvalue weighted by molar-refractivity contribution is 5.24. The van der Waals surface area contributed by atoms with Crippen molar-refractivity contribution in [3.05, 3.63) is 29.1 Å². The quantitative estimate of drug-likeness (QED) is 0.421. The molecule has 102 valence electrons. The monoisotopic (exact) mass is 249 g/mol. The Morgan fingerprint density at radius 3 is 2.50 bits per heavy atom. The van der Waals surface area contributed by atoms with E-state index < -0.39 is 0 Å². The summed E-state index contributed by atoms with van der Waals surface area (Å²) in [6.07, 6.45) is 7.57. The maximum atomic E-state index is 5.67. The van der Waals surface area contributed by atoms with Gasteiger partial charge in [0.2, 0.25) is 0 Å². The number of nitrogens with zero attached hydrogens (tertiary/aromatic N) is 1. The number of aromatic nitrogens is 1. The van der Waals surface area contributed by atoms with Crippen LogP contribution in [0.15, 0.2) is 12.1 Å². The first-order valence-corrected chi connectivity index (χ1v) is 7.09. The number of unbranched alkanes of at least 4 members (excludes halogenated alkanes) is 4. The molecule has 3 N–H and O–H groups in total. The van der Waals surface area contributed by atoms with Crippen molar-refractivity contribution in [1.29, 1.82) is 0 Å². The van der Waals surface area contributed by atoms with E-state index in [1.165, 1.54) is 37.7 Å². The summed E-state index contributed by atoms with van der Waals surface area (Å²) in [5.74, 6) is 5.67. The highest BCUT2D eigenvalue weighted by Gasteiger charge is 2.12. The Labute approximate surface area is 111 Å². The predicted molar refractivity (Wildman–Crippen MR) is 77.2 cm³/mol. The minimum atomic E-state index is 0.236. The van der Waals surface area contributed by atoms with Gasteiger partial charge < -0.3 is 0 Å². The number of nitrogens with two attached hydrogens (primary N) is 1. The zero-order valence-electron chi connectivity index (χ0n) is 12.0. The fourth-order valence-electron chi connectivity index (χ4n) is 2.35. The van der Waals surface area contributed by atoms with Crippen LogP contribution >= 0.6 is 0 Å². The van der Waals surface area contributed by atoms with E-state index in [2.05, 4.69) is 36.4 Å². The second-order valence-electron chi connectivity index (χ2n) is 5.05. The Hall–Kier alpha value is -0.930. The van der Waals surface area contributed by atoms with Crippen molar-refractivity contribution in [2.45, 2.75) is 65.3 Å². The number of aryl methyl sites for hydroxylation is 2. The van der Waals surface area contributed by atoms with Crippen molar-refractivity contribution in [3.8, 4) is 0 Å². The molecule has 18 heavy (non-hydrogen) atoms. The summed E-state index contributed by atoms with van der Waals surface area (Å²) >= 11 is 0. The van der Waals surface area contributed by atoms with Crippen LogP contribution in [-0.2, 0) is 0 Å². The number of pyridine rings is 1. The van der Waals surface area contributed by atoms with Gasteiger partial charge in [0.25, 0.3) is 0 Å². The molecule has 1 atom stereocenters. The van der Waals surface area contributed by atoms with Crippen LogP contribution in [0, 0.1) is 13.8 Å². The third-order valence-electron chi connectivity index (χ3n) is 3.44. The van der Waals surface area contributed by atoms with Crippen molar-refractivity contribution in [1.82, 2.24) is 10.4 Å². The average molecular weight is 249 g/mol. The third kappa shape index (κ3) is 4.75. The maximum absolute atomic E-state index is 5.67. The predicted octanol–water partition coefficient (Wildman–Crippen LogP) is 3.56. The van der Waals surface area contributed by atoms with Gasteiger partial charge in [0.05, 0.1) is 0 Å². The molecule has 0 aliphatic carbocycles. The van der Waals surface area contributed by atoms with Crippen LogP contribution in [0.1, 0.15) is 68.4 Å². The molecule has 0 spiro atoms. The Morgan fingerprint density at radius 2 is 1.89 bits per heavy atom. The van der Waals surface area contributed by atoms with Crippen molar-refractivity contribution in [3.63, 3.8) is 0 Å². The second kappa shape index (κ2) is 8.22. The van der Waals surface area contributed by atoms with Crippen LogP contribution in [0.3, 0.4) is 0 Å². The Kier molecular flexibility index (Phi) is 6.91. The zero-order chi connectivity index (χ0) is 13.4. The summed E-state index contributed by atoms with van der Waals surface area (Å²) in [6.45, 7) is 6.32. The fourth-order valence-corrected chi connectivity index (χ4v) is 2.35. The van der Waals surface area contributed by atoms with E-state index in [1.807, 2.05) is 6.92 Å². The Morgan fingerprint density at radius 1 is 1.17 bits per heavy atom. The molecule has 0 aromatic carbocycles. The van der Waals surface area contributed by atoms with Crippen LogP contribution in [-0.4, -0.2) is 4.98 Å². The summed E-state index contributed by atoms with van der Waals surface area (Å²) < 4.78 is 0. The lowest BCUT2D eigenvalue weighted by Crippen LogP contribution is -2.28. The van der Waals surface area contributed by atoms with E-state index in [4.69, 9.17) is 5.84 Å². The minimum Gasteiger partial charge on any atom is -0.271 e. The molecule has 0 radical (unpaired) electrons. The summed E-state index contributed by atoms with van der Waals surface area (Å²) in [7, 11) is 0. The topological polar surface area (TPSA) is 50.9 Å². The van der Waals surface area contributed by atoms with Gasteiger partial charge in [0.15, 0.2) is 0 Å². The van der Waals surface area contributed by atoms with E-state index in [0.717, 1.165) is 17.8 Å². The van der Waals surface area contributed by atoms with E-state index in [0.29, 0.717) is 0 Å². The molecule has 0 aliphatic rings. The van der Waals surface area contributed by atoms with E-state index in [1.54, 1.807) is 0 Å². The van der Waals surface area contributed by atoms with Crippen LogP contribution in [0.2, 0.25) is 0 Å². The van der Waals surface area contributed by atoms with Gasteiger partial charge in [-0.05, 0) is 31.9 Å². The molecule has 1 unspecified atom stereocenters. The minimum absolute atomic E-state index is 0.236. The molecule has 0 amide bonds. The van der Waals surface area contributed by atoms with Crippen molar-refractivity contribution in [2.24, 2.45) is 5.84 Å². The highest BCUT2D eigenvalue weighted by Crippen LogP contribution is 2.22. The molecular formula is C15H27N3. The van der Waals surface area contributed by atoms with Gasteiger partial charge in [-0.2, -0.15) is 0 Å². The lowest BCUT2D eigenvalue weighted by molar-refractivity contribution is 0.476. The molecule has 0 saturated heterocycles. The molecule has 1 heterocycles. The van der Waals surface area contributed by atoms with Crippen LogP contribution < -0.4 is 11.3 Å². The van der Waals surface area contributed by atoms with Crippen molar-refractivity contribution in [2.75, 3.05) is 0 Å². The van der Waals surface area contributed by atoms with Gasteiger partial charge in [0, 0.05) is 17.4 Å². The first-order chi connectivity index (χ1) is 8.69. The van der Waals surface area contributed by atoms with Gasteiger partial charge in [-0.15, -0.1) is 0 Å². The molecule has 0 saturated carbocycles. The van der Waals surface area contributed by atoms with Gasteiger partial charge in [-0.3, -0.25) is 16.3 Å². The molecule has 1 aromatic heterocycles. The maximum Gasteiger partial charge on any atom is 0.0477 e. The van der Waals surface area contributed by atoms with Gasteiger partial charge in [-0.25, -0.2) is 0 Å². The third-order valence-corrected chi connectivity index (χ3v) is 3.44. The second-order valence-corrected chi connectivity index (χ2v) is 5.05. The first kappa shape index (κ1) is 15.1. The molecular weight excluding hydrogens is 222 g/mol. The first-order valence-electron chi connectivity index (χ1n) is 7.09. The largest absolute Gasteiger partial charge is 0.271 e. The molecule has 3 heteroatoms. The van der Waals surface area contributed by atoms with E-state index in [-0.39, 0.29) is 6.04 Å². The lowest BCUT2D eigenvalue weighted by Gasteiger charge is -2.18. The van der Waals surface area contributed by atoms with Crippen LogP contribution in [0.5, 0.6) is 0 Å². The summed E-state index contributed by atoms with van der Waals surface area (Å²) in [5, 5.41) is 0. The van der Waals surface area contributed by atoms with E-state index >= 15 is 0 Å². The van der Waals surface area contributed by atoms with Gasteiger partial charge in [-0.1, -0.05) is 45.1 Å². The SMILES string of the molecule is CCCCCCCC(NN)c1ccc(C)nc1C. The summed E-state index contributed by atoms with van der Waals surface area (Å²) in [4.78, 5) is 4.50. The smallest absolute Gasteiger partial charge is 0.0477 e. The van der Waals surface area contributed by atoms with Crippen LogP contribution in [0.4, 0.5) is 0 Å². The number of hydrogen-bond acceptors (Lipinski definition) is 3. The summed E-state index contributed by atoms with van der Waals surface area (Å²) in [5.41, 5.74) is 6.32. The molecule has 0 aliphatic heterocycles. The zero-order valence-corrected chi connectivity index (χ0v) is 12.0. The highest BCUT2D eigenvalue weighted by atomic mass is 15.2. The number of hydrazine groups is 1. The average Bonchev–Trinajstić information content (AvgIpc) is 2.35. The number of rotatable bonds is 8.